The Balaban J connectivity index is 2.35. The smallest absolute Gasteiger partial charge is 0.308 e. The molecule has 0 saturated carbocycles. The van der Waals surface area contributed by atoms with Crippen LogP contribution in [0.15, 0.2) is 18.2 Å². The largest absolute Gasteiger partial charge is 0.481 e. The Hall–Kier alpha value is -2.18. The zero-order chi connectivity index (χ0) is 14.2. The Bertz CT molecular complexity index is 534. The summed E-state index contributed by atoms with van der Waals surface area (Å²) in [6.45, 7) is 2.28. The third-order valence-electron chi connectivity index (χ3n) is 3.40. The number of hydrogen-bond donors (Lipinski definition) is 1. The minimum absolute atomic E-state index is 0.139. The highest BCUT2D eigenvalue weighted by Crippen LogP contribution is 2.34. The standard InChI is InChI=1S/C12H13FN2O4/c1-7-5-14(6-9(7)12(16)17)11-4-8(13)2-3-10(11)15(18)19/h2-4,7,9H,5-6H2,1H3,(H,16,17). The highest BCUT2D eigenvalue weighted by atomic mass is 19.1. The van der Waals surface area contributed by atoms with Crippen molar-refractivity contribution in [2.24, 2.45) is 11.8 Å². The second-order valence-corrected chi connectivity index (χ2v) is 4.72. The zero-order valence-electron chi connectivity index (χ0n) is 10.2. The maximum Gasteiger partial charge on any atom is 0.308 e. The second kappa shape index (κ2) is 4.83. The minimum Gasteiger partial charge on any atom is -0.481 e. The monoisotopic (exact) mass is 268 g/mol. The number of carbonyl (C=O) groups is 1. The van der Waals surface area contributed by atoms with Crippen LogP contribution in [0.2, 0.25) is 0 Å². The second-order valence-electron chi connectivity index (χ2n) is 4.72. The minimum atomic E-state index is -0.936. The summed E-state index contributed by atoms with van der Waals surface area (Å²) < 4.78 is 13.3. The van der Waals surface area contributed by atoms with Crippen LogP contribution in [0, 0.1) is 27.8 Å². The van der Waals surface area contributed by atoms with Gasteiger partial charge in [-0.3, -0.25) is 14.9 Å². The van der Waals surface area contributed by atoms with Gasteiger partial charge in [0, 0.05) is 25.2 Å². The number of aliphatic carboxylic acids is 1. The number of anilines is 1. The van der Waals surface area contributed by atoms with Gasteiger partial charge in [0.1, 0.15) is 11.5 Å². The Labute approximate surface area is 108 Å². The molecule has 2 unspecified atom stereocenters. The van der Waals surface area contributed by atoms with Crippen molar-refractivity contribution in [2.75, 3.05) is 18.0 Å². The van der Waals surface area contributed by atoms with Crippen molar-refractivity contribution in [1.29, 1.82) is 0 Å². The zero-order valence-corrected chi connectivity index (χ0v) is 10.2. The number of nitrogens with zero attached hydrogens (tertiary/aromatic N) is 2. The highest BCUT2D eigenvalue weighted by molar-refractivity contribution is 5.74. The maximum atomic E-state index is 13.3. The van der Waals surface area contributed by atoms with E-state index in [1.165, 1.54) is 0 Å². The van der Waals surface area contributed by atoms with Crippen LogP contribution in [0.25, 0.3) is 0 Å². The number of carboxylic acid groups (broad SMARTS) is 1. The lowest BCUT2D eigenvalue weighted by atomic mass is 9.99. The lowest BCUT2D eigenvalue weighted by Crippen LogP contribution is -2.23. The third-order valence-corrected chi connectivity index (χ3v) is 3.40. The molecule has 0 radical (unpaired) electrons. The van der Waals surface area contributed by atoms with Crippen LogP contribution < -0.4 is 4.90 Å². The Morgan fingerprint density at radius 2 is 2.21 bits per heavy atom. The number of halogens is 1. The van der Waals surface area contributed by atoms with Crippen LogP contribution in [0.5, 0.6) is 0 Å². The van der Waals surface area contributed by atoms with Crippen molar-refractivity contribution in [3.63, 3.8) is 0 Å². The van der Waals surface area contributed by atoms with E-state index in [1.807, 2.05) is 0 Å². The number of hydrogen-bond acceptors (Lipinski definition) is 4. The third kappa shape index (κ3) is 2.49. The molecule has 2 atom stereocenters. The van der Waals surface area contributed by atoms with E-state index in [2.05, 4.69) is 0 Å². The van der Waals surface area contributed by atoms with Crippen molar-refractivity contribution in [3.05, 3.63) is 34.1 Å². The van der Waals surface area contributed by atoms with Gasteiger partial charge in [-0.2, -0.15) is 0 Å². The van der Waals surface area contributed by atoms with E-state index in [1.54, 1.807) is 11.8 Å². The fraction of sp³-hybridized carbons (Fsp3) is 0.417. The molecule has 1 N–H and O–H groups in total. The van der Waals surface area contributed by atoms with Crippen molar-refractivity contribution in [1.82, 2.24) is 0 Å². The molecule has 1 heterocycles. The van der Waals surface area contributed by atoms with Crippen LogP contribution >= 0.6 is 0 Å². The number of nitro benzene ring substituents is 1. The van der Waals surface area contributed by atoms with Gasteiger partial charge in [0.05, 0.1) is 10.8 Å². The van der Waals surface area contributed by atoms with Crippen molar-refractivity contribution in [2.45, 2.75) is 6.92 Å². The first-order chi connectivity index (χ1) is 8.90. The van der Waals surface area contributed by atoms with Gasteiger partial charge in [0.2, 0.25) is 0 Å². The molecule has 1 aromatic rings. The van der Waals surface area contributed by atoms with Gasteiger partial charge in [-0.1, -0.05) is 6.92 Å². The molecule has 6 nitrogen and oxygen atoms in total. The van der Waals surface area contributed by atoms with Crippen LogP contribution in [0.1, 0.15) is 6.92 Å². The average molecular weight is 268 g/mol. The molecule has 1 aliphatic heterocycles. The molecule has 102 valence electrons. The SMILES string of the molecule is CC1CN(c2cc(F)ccc2[N+](=O)[O-])CC1C(=O)O. The van der Waals surface area contributed by atoms with Crippen molar-refractivity contribution < 1.29 is 19.2 Å². The molecule has 2 rings (SSSR count). The average Bonchev–Trinajstić information content (AvgIpc) is 2.70. The topological polar surface area (TPSA) is 83.7 Å². The van der Waals surface area contributed by atoms with Crippen LogP contribution in [0.3, 0.4) is 0 Å². The van der Waals surface area contributed by atoms with E-state index in [4.69, 9.17) is 5.11 Å². The van der Waals surface area contributed by atoms with Gasteiger partial charge >= 0.3 is 5.97 Å². The van der Waals surface area contributed by atoms with Gasteiger partial charge in [0.15, 0.2) is 0 Å². The predicted octanol–water partition coefficient (Wildman–Crippen LogP) is 1.89. The first kappa shape index (κ1) is 13.3. The summed E-state index contributed by atoms with van der Waals surface area (Å²) >= 11 is 0. The van der Waals surface area contributed by atoms with Gasteiger partial charge in [-0.15, -0.1) is 0 Å². The summed E-state index contributed by atoms with van der Waals surface area (Å²) in [4.78, 5) is 22.9. The lowest BCUT2D eigenvalue weighted by molar-refractivity contribution is -0.384. The van der Waals surface area contributed by atoms with E-state index in [9.17, 15) is 19.3 Å². The van der Waals surface area contributed by atoms with Gasteiger partial charge in [-0.05, 0) is 12.0 Å². The van der Waals surface area contributed by atoms with E-state index < -0.39 is 22.6 Å². The Kier molecular flexibility index (Phi) is 3.37. The molecule has 1 aliphatic rings. The Morgan fingerprint density at radius 1 is 1.53 bits per heavy atom. The van der Waals surface area contributed by atoms with Gasteiger partial charge < -0.3 is 10.0 Å². The van der Waals surface area contributed by atoms with E-state index >= 15 is 0 Å². The van der Waals surface area contributed by atoms with E-state index in [0.717, 1.165) is 18.2 Å². The summed E-state index contributed by atoms with van der Waals surface area (Å²) in [5.74, 6) is -2.25. The highest BCUT2D eigenvalue weighted by Gasteiger charge is 2.37. The molecule has 0 spiro atoms. The molecule has 0 aliphatic carbocycles. The summed E-state index contributed by atoms with van der Waals surface area (Å²) in [5.41, 5.74) is -0.0692. The molecule has 1 aromatic carbocycles. The van der Waals surface area contributed by atoms with Gasteiger partial charge in [0.25, 0.3) is 5.69 Å². The van der Waals surface area contributed by atoms with Crippen molar-refractivity contribution in [3.8, 4) is 0 Å². The van der Waals surface area contributed by atoms with E-state index in [-0.39, 0.29) is 23.8 Å². The van der Waals surface area contributed by atoms with Crippen LogP contribution in [0.4, 0.5) is 15.8 Å². The number of carboxylic acids is 1. The van der Waals surface area contributed by atoms with E-state index in [0.29, 0.717) is 6.54 Å². The predicted molar refractivity (Wildman–Crippen MR) is 65.6 cm³/mol. The maximum absolute atomic E-state index is 13.3. The first-order valence-corrected chi connectivity index (χ1v) is 5.82. The summed E-state index contributed by atoms with van der Waals surface area (Å²) in [5, 5.41) is 20.0. The molecule has 0 amide bonds. The molecule has 7 heteroatoms. The summed E-state index contributed by atoms with van der Waals surface area (Å²) in [6.07, 6.45) is 0. The molecular formula is C12H13FN2O4. The number of benzene rings is 1. The fourth-order valence-electron chi connectivity index (χ4n) is 2.39. The molecule has 1 fully saturated rings. The number of nitro groups is 1. The summed E-state index contributed by atoms with van der Waals surface area (Å²) in [7, 11) is 0. The van der Waals surface area contributed by atoms with Crippen LogP contribution in [-0.2, 0) is 4.79 Å². The molecule has 0 bridgehead atoms. The molecule has 0 aromatic heterocycles. The summed E-state index contributed by atoms with van der Waals surface area (Å²) in [6, 6.07) is 3.20. The fourth-order valence-corrected chi connectivity index (χ4v) is 2.39. The number of rotatable bonds is 3. The normalized spacial score (nSPS) is 22.5. The van der Waals surface area contributed by atoms with Crippen molar-refractivity contribution >= 4 is 17.3 Å². The molecule has 19 heavy (non-hydrogen) atoms. The quantitative estimate of drug-likeness (QED) is 0.668. The first-order valence-electron chi connectivity index (χ1n) is 5.82. The molecular weight excluding hydrogens is 255 g/mol. The Morgan fingerprint density at radius 3 is 2.74 bits per heavy atom. The molecule has 1 saturated heterocycles. The van der Waals surface area contributed by atoms with Gasteiger partial charge in [-0.25, -0.2) is 4.39 Å². The van der Waals surface area contributed by atoms with Crippen LogP contribution in [-0.4, -0.2) is 29.1 Å². The lowest BCUT2D eigenvalue weighted by Gasteiger charge is -2.18.